The molecule has 80 valence electrons. The van der Waals surface area contributed by atoms with E-state index in [1.165, 1.54) is 12.8 Å². The van der Waals surface area contributed by atoms with Crippen LogP contribution in [0, 0.1) is 5.92 Å². The third kappa shape index (κ3) is 1.77. The second-order valence-electron chi connectivity index (χ2n) is 4.13. The smallest absolute Gasteiger partial charge is 0.248 e. The van der Waals surface area contributed by atoms with Gasteiger partial charge in [0.15, 0.2) is 0 Å². The predicted molar refractivity (Wildman–Crippen MR) is 53.0 cm³/mol. The summed E-state index contributed by atoms with van der Waals surface area (Å²) < 4.78 is 4.88. The highest BCUT2D eigenvalue weighted by Gasteiger charge is 2.37. The molecule has 2 aliphatic rings. The summed E-state index contributed by atoms with van der Waals surface area (Å²) in [7, 11) is 1.57. The number of nitrogens with zero attached hydrogens (tertiary/aromatic N) is 1. The standard InChI is InChI=1S/C10H18N2O2/c1-14-7-10(13)12-5-3-8-2-4-11-6-9(8)12/h8-9,11H,2-7H2,1H3. The maximum absolute atomic E-state index is 11.7. The highest BCUT2D eigenvalue weighted by Crippen LogP contribution is 2.28. The van der Waals surface area contributed by atoms with E-state index in [9.17, 15) is 4.79 Å². The fraction of sp³-hybridized carbons (Fsp3) is 0.900. The molecule has 0 radical (unpaired) electrons. The van der Waals surface area contributed by atoms with Crippen LogP contribution in [0.15, 0.2) is 0 Å². The molecule has 1 amide bonds. The van der Waals surface area contributed by atoms with Crippen LogP contribution in [0.4, 0.5) is 0 Å². The lowest BCUT2D eigenvalue weighted by Gasteiger charge is -2.32. The van der Waals surface area contributed by atoms with E-state index in [2.05, 4.69) is 5.32 Å². The molecular weight excluding hydrogens is 180 g/mol. The van der Waals surface area contributed by atoms with E-state index in [1.807, 2.05) is 4.90 Å². The number of piperidine rings is 1. The summed E-state index contributed by atoms with van der Waals surface area (Å²) in [6.45, 7) is 3.20. The summed E-state index contributed by atoms with van der Waals surface area (Å²) in [5, 5.41) is 3.35. The van der Waals surface area contributed by atoms with Crippen molar-refractivity contribution in [1.29, 1.82) is 0 Å². The quantitative estimate of drug-likeness (QED) is 0.670. The van der Waals surface area contributed by atoms with Gasteiger partial charge in [-0.2, -0.15) is 0 Å². The Morgan fingerprint density at radius 1 is 1.57 bits per heavy atom. The van der Waals surface area contributed by atoms with E-state index in [1.54, 1.807) is 7.11 Å². The van der Waals surface area contributed by atoms with Crippen molar-refractivity contribution in [3.63, 3.8) is 0 Å². The average molecular weight is 198 g/mol. The molecule has 2 atom stereocenters. The second kappa shape index (κ2) is 4.28. The van der Waals surface area contributed by atoms with Gasteiger partial charge in [0, 0.05) is 26.2 Å². The van der Waals surface area contributed by atoms with Gasteiger partial charge in [-0.3, -0.25) is 4.79 Å². The molecule has 2 saturated heterocycles. The SMILES string of the molecule is COCC(=O)N1CCC2CCNCC21. The Hall–Kier alpha value is -0.610. The first-order valence-electron chi connectivity index (χ1n) is 5.32. The number of hydrogen-bond acceptors (Lipinski definition) is 3. The zero-order valence-electron chi connectivity index (χ0n) is 8.66. The topological polar surface area (TPSA) is 41.6 Å². The highest BCUT2D eigenvalue weighted by molar-refractivity contribution is 5.78. The van der Waals surface area contributed by atoms with Gasteiger partial charge in [-0.25, -0.2) is 0 Å². The van der Waals surface area contributed by atoms with Gasteiger partial charge in [0.2, 0.25) is 5.91 Å². The summed E-state index contributed by atoms with van der Waals surface area (Å²) >= 11 is 0. The normalized spacial score (nSPS) is 31.6. The molecule has 2 rings (SSSR count). The van der Waals surface area contributed by atoms with Crippen LogP contribution in [0.3, 0.4) is 0 Å². The molecule has 2 aliphatic heterocycles. The molecular formula is C10H18N2O2. The van der Waals surface area contributed by atoms with Gasteiger partial charge >= 0.3 is 0 Å². The van der Waals surface area contributed by atoms with E-state index in [4.69, 9.17) is 4.74 Å². The van der Waals surface area contributed by atoms with E-state index in [-0.39, 0.29) is 12.5 Å². The first-order chi connectivity index (χ1) is 6.83. The predicted octanol–water partition coefficient (Wildman–Crippen LogP) is -0.157. The molecule has 0 saturated carbocycles. The molecule has 0 aromatic rings. The first kappa shape index (κ1) is 9.93. The summed E-state index contributed by atoms with van der Waals surface area (Å²) in [5.74, 6) is 0.862. The minimum atomic E-state index is 0.142. The lowest BCUT2D eigenvalue weighted by atomic mass is 9.93. The van der Waals surface area contributed by atoms with Crippen LogP contribution in [0.1, 0.15) is 12.8 Å². The lowest BCUT2D eigenvalue weighted by Crippen LogP contribution is -2.48. The largest absolute Gasteiger partial charge is 0.375 e. The van der Waals surface area contributed by atoms with Crippen molar-refractivity contribution in [2.75, 3.05) is 33.4 Å². The molecule has 0 bridgehead atoms. The van der Waals surface area contributed by atoms with Gasteiger partial charge < -0.3 is 15.0 Å². The van der Waals surface area contributed by atoms with Crippen molar-refractivity contribution in [3.05, 3.63) is 0 Å². The number of likely N-dealkylation sites (tertiary alicyclic amines) is 1. The number of amides is 1. The number of hydrogen-bond donors (Lipinski definition) is 1. The van der Waals surface area contributed by atoms with Crippen molar-refractivity contribution in [1.82, 2.24) is 10.2 Å². The maximum Gasteiger partial charge on any atom is 0.248 e. The summed E-state index contributed by atoms with van der Waals surface area (Å²) in [6.07, 6.45) is 2.38. The number of ether oxygens (including phenoxy) is 1. The molecule has 1 N–H and O–H groups in total. The van der Waals surface area contributed by atoms with Gasteiger partial charge in [0.1, 0.15) is 6.61 Å². The number of fused-ring (bicyclic) bond motifs is 1. The van der Waals surface area contributed by atoms with Crippen LogP contribution in [-0.4, -0.2) is 50.2 Å². The highest BCUT2D eigenvalue weighted by atomic mass is 16.5. The van der Waals surface area contributed by atoms with Crippen molar-refractivity contribution < 1.29 is 9.53 Å². The molecule has 14 heavy (non-hydrogen) atoms. The van der Waals surface area contributed by atoms with Gasteiger partial charge in [-0.1, -0.05) is 0 Å². The molecule has 0 aliphatic carbocycles. The first-order valence-corrected chi connectivity index (χ1v) is 5.32. The van der Waals surface area contributed by atoms with Crippen LogP contribution < -0.4 is 5.32 Å². The Bertz CT molecular complexity index is 220. The molecule has 4 heteroatoms. The molecule has 4 nitrogen and oxygen atoms in total. The van der Waals surface area contributed by atoms with E-state index in [0.29, 0.717) is 6.04 Å². The van der Waals surface area contributed by atoms with Crippen LogP contribution >= 0.6 is 0 Å². The van der Waals surface area contributed by atoms with Gasteiger partial charge in [0.05, 0.1) is 0 Å². The van der Waals surface area contributed by atoms with Crippen molar-refractivity contribution >= 4 is 5.91 Å². The van der Waals surface area contributed by atoms with E-state index < -0.39 is 0 Å². The molecule has 0 aromatic heterocycles. The lowest BCUT2D eigenvalue weighted by molar-refractivity contribution is -0.136. The Kier molecular flexibility index (Phi) is 3.03. The molecule has 0 aromatic carbocycles. The van der Waals surface area contributed by atoms with Crippen LogP contribution in [0.2, 0.25) is 0 Å². The Labute approximate surface area is 84.6 Å². The fourth-order valence-corrected chi connectivity index (χ4v) is 2.58. The van der Waals surface area contributed by atoms with Crippen molar-refractivity contribution in [3.8, 4) is 0 Å². The van der Waals surface area contributed by atoms with E-state index in [0.717, 1.165) is 25.6 Å². The molecule has 0 spiro atoms. The number of methoxy groups -OCH3 is 1. The Morgan fingerprint density at radius 3 is 3.21 bits per heavy atom. The number of carbonyl (C=O) groups excluding carboxylic acids is 1. The molecule has 2 unspecified atom stereocenters. The number of carbonyl (C=O) groups is 1. The summed E-state index contributed by atoms with van der Waals surface area (Å²) in [5.41, 5.74) is 0. The number of rotatable bonds is 2. The minimum absolute atomic E-state index is 0.142. The third-order valence-electron chi connectivity index (χ3n) is 3.32. The fourth-order valence-electron chi connectivity index (χ4n) is 2.58. The average Bonchev–Trinajstić information content (AvgIpc) is 2.61. The van der Waals surface area contributed by atoms with Crippen molar-refractivity contribution in [2.45, 2.75) is 18.9 Å². The second-order valence-corrected chi connectivity index (χ2v) is 4.13. The summed E-state index contributed by atoms with van der Waals surface area (Å²) in [6, 6.07) is 0.423. The molecule has 2 heterocycles. The third-order valence-corrected chi connectivity index (χ3v) is 3.32. The van der Waals surface area contributed by atoms with Gasteiger partial charge in [-0.15, -0.1) is 0 Å². The van der Waals surface area contributed by atoms with Crippen LogP contribution in [0.25, 0.3) is 0 Å². The van der Waals surface area contributed by atoms with Gasteiger partial charge in [0.25, 0.3) is 0 Å². The number of nitrogens with one attached hydrogen (secondary N) is 1. The van der Waals surface area contributed by atoms with Crippen LogP contribution in [0.5, 0.6) is 0 Å². The minimum Gasteiger partial charge on any atom is -0.375 e. The van der Waals surface area contributed by atoms with Crippen molar-refractivity contribution in [2.24, 2.45) is 5.92 Å². The van der Waals surface area contributed by atoms with Crippen LogP contribution in [-0.2, 0) is 9.53 Å². The summed E-state index contributed by atoms with van der Waals surface area (Å²) in [4.78, 5) is 13.7. The van der Waals surface area contributed by atoms with E-state index >= 15 is 0 Å². The Balaban J connectivity index is 1.96. The zero-order chi connectivity index (χ0) is 9.97. The Morgan fingerprint density at radius 2 is 2.43 bits per heavy atom. The monoisotopic (exact) mass is 198 g/mol. The molecule has 2 fully saturated rings. The zero-order valence-corrected chi connectivity index (χ0v) is 8.66. The maximum atomic E-state index is 11.7. The van der Waals surface area contributed by atoms with Gasteiger partial charge in [-0.05, 0) is 25.3 Å².